The quantitative estimate of drug-likeness (QED) is 0.492. The van der Waals surface area contributed by atoms with E-state index in [1.807, 2.05) is 0 Å². The molecule has 0 aliphatic heterocycles. The lowest BCUT2D eigenvalue weighted by Gasteiger charge is -2.23. The largest absolute Gasteiger partial charge is 0.305 e. The zero-order chi connectivity index (χ0) is 17.2. The Balaban J connectivity index is 3.27. The Morgan fingerprint density at radius 1 is 0.955 bits per heavy atom. The number of hydrogen-bond donors (Lipinski definition) is 1. The van der Waals surface area contributed by atoms with Gasteiger partial charge in [-0.05, 0) is 6.92 Å². The smallest absolute Gasteiger partial charge is 0.195 e. The SMILES string of the molecule is Cc1c(F)c(F)c(F)c(CC(NC(C)C)C(=O)C(C)C)c1F. The lowest BCUT2D eigenvalue weighted by atomic mass is 9.93. The molecule has 1 N–H and O–H groups in total. The first-order valence-electron chi connectivity index (χ1n) is 7.19. The van der Waals surface area contributed by atoms with Gasteiger partial charge in [0.05, 0.1) is 6.04 Å². The van der Waals surface area contributed by atoms with Crippen LogP contribution in [0.5, 0.6) is 0 Å². The van der Waals surface area contributed by atoms with Crippen molar-refractivity contribution in [3.05, 3.63) is 34.4 Å². The van der Waals surface area contributed by atoms with E-state index in [2.05, 4.69) is 5.32 Å². The maximum atomic E-state index is 14.1. The molecule has 1 aromatic rings. The predicted molar refractivity (Wildman–Crippen MR) is 76.6 cm³/mol. The van der Waals surface area contributed by atoms with Crippen LogP contribution in [-0.4, -0.2) is 17.9 Å². The van der Waals surface area contributed by atoms with Gasteiger partial charge in [0.15, 0.2) is 23.2 Å². The molecule has 0 aliphatic rings. The summed E-state index contributed by atoms with van der Waals surface area (Å²) in [7, 11) is 0. The molecule has 124 valence electrons. The summed E-state index contributed by atoms with van der Waals surface area (Å²) >= 11 is 0. The minimum atomic E-state index is -1.71. The molecule has 0 saturated heterocycles. The number of halogens is 4. The highest BCUT2D eigenvalue weighted by atomic mass is 19.2. The van der Waals surface area contributed by atoms with Gasteiger partial charge in [0.2, 0.25) is 0 Å². The summed E-state index contributed by atoms with van der Waals surface area (Å²) in [5.41, 5.74) is -1.20. The van der Waals surface area contributed by atoms with E-state index in [1.165, 1.54) is 0 Å². The standard InChI is InChI=1S/C16H21F4NO/c1-7(2)16(22)11(21-8(3)4)6-10-12(17)9(5)13(18)15(20)14(10)19/h7-8,11,21H,6H2,1-5H3. The van der Waals surface area contributed by atoms with Crippen LogP contribution in [0.1, 0.15) is 38.8 Å². The van der Waals surface area contributed by atoms with Gasteiger partial charge in [0.25, 0.3) is 0 Å². The maximum Gasteiger partial charge on any atom is 0.195 e. The Bertz CT molecular complexity index is 541. The highest BCUT2D eigenvalue weighted by molar-refractivity contribution is 5.86. The number of nitrogens with one attached hydrogen (secondary N) is 1. The van der Waals surface area contributed by atoms with Crippen molar-refractivity contribution in [1.29, 1.82) is 0 Å². The van der Waals surface area contributed by atoms with Crippen molar-refractivity contribution in [2.75, 3.05) is 0 Å². The summed E-state index contributed by atoms with van der Waals surface area (Å²) in [4.78, 5) is 12.2. The lowest BCUT2D eigenvalue weighted by molar-refractivity contribution is -0.124. The van der Waals surface area contributed by atoms with Gasteiger partial charge in [0, 0.05) is 29.5 Å². The zero-order valence-corrected chi connectivity index (χ0v) is 13.4. The summed E-state index contributed by atoms with van der Waals surface area (Å²) in [6, 6.07) is -0.974. The highest BCUT2D eigenvalue weighted by Crippen LogP contribution is 2.25. The summed E-state index contributed by atoms with van der Waals surface area (Å²) < 4.78 is 54.8. The summed E-state index contributed by atoms with van der Waals surface area (Å²) in [5.74, 6) is -6.57. The van der Waals surface area contributed by atoms with Crippen LogP contribution in [-0.2, 0) is 11.2 Å². The average molecular weight is 319 g/mol. The summed E-state index contributed by atoms with van der Waals surface area (Å²) in [6.07, 6.45) is -0.370. The molecule has 1 aromatic carbocycles. The van der Waals surface area contributed by atoms with E-state index in [0.29, 0.717) is 0 Å². The van der Waals surface area contributed by atoms with Crippen LogP contribution < -0.4 is 5.32 Å². The molecule has 1 atom stereocenters. The summed E-state index contributed by atoms with van der Waals surface area (Å²) in [6.45, 7) is 7.93. The van der Waals surface area contributed by atoms with Gasteiger partial charge in [-0.15, -0.1) is 0 Å². The van der Waals surface area contributed by atoms with E-state index >= 15 is 0 Å². The molecule has 0 radical (unpaired) electrons. The molecule has 0 aliphatic carbocycles. The molecule has 1 rings (SSSR count). The fourth-order valence-corrected chi connectivity index (χ4v) is 2.24. The molecule has 0 bridgehead atoms. The topological polar surface area (TPSA) is 29.1 Å². The molecule has 2 nitrogen and oxygen atoms in total. The first kappa shape index (κ1) is 18.6. The Morgan fingerprint density at radius 2 is 1.50 bits per heavy atom. The predicted octanol–water partition coefficient (Wildman–Crippen LogP) is 3.69. The van der Waals surface area contributed by atoms with Crippen LogP contribution in [0.4, 0.5) is 17.6 Å². The maximum absolute atomic E-state index is 14.1. The fourth-order valence-electron chi connectivity index (χ4n) is 2.24. The van der Waals surface area contributed by atoms with Gasteiger partial charge in [0.1, 0.15) is 5.82 Å². The minimum Gasteiger partial charge on any atom is -0.305 e. The first-order valence-corrected chi connectivity index (χ1v) is 7.19. The Kier molecular flexibility index (Phi) is 6.11. The second-order valence-electron chi connectivity index (χ2n) is 5.99. The molecule has 0 heterocycles. The molecule has 6 heteroatoms. The Hall–Kier alpha value is -1.43. The third-order valence-electron chi connectivity index (χ3n) is 3.43. The number of Topliss-reactive ketones (excluding diaryl/α,β-unsaturated/α-hetero) is 1. The highest BCUT2D eigenvalue weighted by Gasteiger charge is 2.28. The van der Waals surface area contributed by atoms with Gasteiger partial charge in [-0.25, -0.2) is 17.6 Å². The third kappa shape index (κ3) is 3.85. The van der Waals surface area contributed by atoms with Crippen LogP contribution in [0.25, 0.3) is 0 Å². The van der Waals surface area contributed by atoms with Crippen molar-refractivity contribution in [3.8, 4) is 0 Å². The van der Waals surface area contributed by atoms with E-state index in [1.54, 1.807) is 27.7 Å². The molecule has 0 saturated carbocycles. The van der Waals surface area contributed by atoms with Crippen LogP contribution in [0.2, 0.25) is 0 Å². The Labute approximate surface area is 127 Å². The van der Waals surface area contributed by atoms with E-state index in [-0.39, 0.29) is 24.2 Å². The minimum absolute atomic E-state index is 0.106. The number of carbonyl (C=O) groups excluding carboxylic acids is 1. The first-order chi connectivity index (χ1) is 10.1. The van der Waals surface area contributed by atoms with Crippen LogP contribution in [0.15, 0.2) is 0 Å². The van der Waals surface area contributed by atoms with Crippen LogP contribution in [0, 0.1) is 36.1 Å². The normalized spacial score (nSPS) is 13.0. The van der Waals surface area contributed by atoms with Crippen molar-refractivity contribution in [1.82, 2.24) is 5.32 Å². The van der Waals surface area contributed by atoms with Gasteiger partial charge in [-0.1, -0.05) is 27.7 Å². The van der Waals surface area contributed by atoms with Crippen molar-refractivity contribution < 1.29 is 22.4 Å². The number of rotatable bonds is 6. The molecule has 0 spiro atoms. The second kappa shape index (κ2) is 7.22. The van der Waals surface area contributed by atoms with Crippen LogP contribution >= 0.6 is 0 Å². The lowest BCUT2D eigenvalue weighted by Crippen LogP contribution is -2.44. The van der Waals surface area contributed by atoms with Crippen molar-refractivity contribution in [2.24, 2.45) is 5.92 Å². The molecule has 0 aromatic heterocycles. The van der Waals surface area contributed by atoms with E-state index in [4.69, 9.17) is 0 Å². The van der Waals surface area contributed by atoms with E-state index < -0.39 is 40.4 Å². The molecule has 0 fully saturated rings. The van der Waals surface area contributed by atoms with E-state index in [9.17, 15) is 22.4 Å². The number of ketones is 1. The van der Waals surface area contributed by atoms with Crippen LogP contribution in [0.3, 0.4) is 0 Å². The van der Waals surface area contributed by atoms with Gasteiger partial charge in [-0.3, -0.25) is 4.79 Å². The number of hydrogen-bond acceptors (Lipinski definition) is 2. The fraction of sp³-hybridized carbons (Fsp3) is 0.562. The second-order valence-corrected chi connectivity index (χ2v) is 5.99. The van der Waals surface area contributed by atoms with Gasteiger partial charge in [-0.2, -0.15) is 0 Å². The average Bonchev–Trinajstić information content (AvgIpc) is 2.45. The van der Waals surface area contributed by atoms with Crippen molar-refractivity contribution in [2.45, 2.75) is 53.1 Å². The number of carbonyl (C=O) groups is 1. The van der Waals surface area contributed by atoms with Crippen molar-refractivity contribution >= 4 is 5.78 Å². The number of benzene rings is 1. The zero-order valence-electron chi connectivity index (χ0n) is 13.4. The molecular weight excluding hydrogens is 298 g/mol. The molecule has 0 amide bonds. The molecule has 22 heavy (non-hydrogen) atoms. The van der Waals surface area contributed by atoms with Crippen molar-refractivity contribution in [3.63, 3.8) is 0 Å². The monoisotopic (exact) mass is 319 g/mol. The summed E-state index contributed by atoms with van der Waals surface area (Å²) in [5, 5.41) is 2.92. The van der Waals surface area contributed by atoms with Gasteiger partial charge >= 0.3 is 0 Å². The van der Waals surface area contributed by atoms with E-state index in [0.717, 1.165) is 6.92 Å². The molecular formula is C16H21F4NO. The van der Waals surface area contributed by atoms with Gasteiger partial charge < -0.3 is 5.32 Å². The molecule has 1 unspecified atom stereocenters. The third-order valence-corrected chi connectivity index (χ3v) is 3.43. The Morgan fingerprint density at radius 3 is 1.95 bits per heavy atom.